The molecule has 0 saturated carbocycles. The van der Waals surface area contributed by atoms with Gasteiger partial charge >= 0.3 is 5.97 Å². The number of rotatable bonds is 8. The van der Waals surface area contributed by atoms with Crippen LogP contribution in [0.5, 0.6) is 5.75 Å². The number of ether oxygens (including phenoxy) is 1. The molecular weight excluding hydrogens is 450 g/mol. The Kier molecular flexibility index (Phi) is 7.57. The standard InChI is InChI=1S/C28H30ClNO4/c1-17(2)34-27-15-21(8-12-25(27)28(32)33)20-4-3-18-7-11-24(14-22(18)13-20)30-16-26(31)19-5-9-23(29)10-6-19/h3-6,8-10,12-13,15,17,24,26,30-31H,7,11,14,16H2,1-2H3,(H,32,33)/t24-,26-/m0/s1. The first-order chi connectivity index (χ1) is 16.3. The van der Waals surface area contributed by atoms with Crippen LogP contribution in [0.25, 0.3) is 11.1 Å². The van der Waals surface area contributed by atoms with Crippen LogP contribution in [0, 0.1) is 0 Å². The second kappa shape index (κ2) is 10.6. The molecule has 0 bridgehead atoms. The fourth-order valence-corrected chi connectivity index (χ4v) is 4.55. The van der Waals surface area contributed by atoms with Gasteiger partial charge < -0.3 is 20.3 Å². The van der Waals surface area contributed by atoms with Gasteiger partial charge in [0.05, 0.1) is 12.2 Å². The zero-order valence-corrected chi connectivity index (χ0v) is 20.2. The van der Waals surface area contributed by atoms with Crippen molar-refractivity contribution in [3.8, 4) is 16.9 Å². The van der Waals surface area contributed by atoms with Crippen molar-refractivity contribution in [1.82, 2.24) is 5.32 Å². The second-order valence-electron chi connectivity index (χ2n) is 9.08. The van der Waals surface area contributed by atoms with Gasteiger partial charge in [-0.15, -0.1) is 0 Å². The van der Waals surface area contributed by atoms with E-state index in [0.29, 0.717) is 17.3 Å². The number of nitrogens with one attached hydrogen (secondary N) is 1. The molecule has 178 valence electrons. The van der Waals surface area contributed by atoms with Gasteiger partial charge in [-0.3, -0.25) is 0 Å². The van der Waals surface area contributed by atoms with E-state index < -0.39 is 12.1 Å². The van der Waals surface area contributed by atoms with Gasteiger partial charge in [-0.05, 0) is 85.2 Å². The SMILES string of the molecule is CC(C)Oc1cc(-c2ccc3c(c2)C[C@@H](NC[C@H](O)c2ccc(Cl)cc2)CC3)ccc1C(=O)O. The number of carboxylic acids is 1. The summed E-state index contributed by atoms with van der Waals surface area (Å²) in [5.74, 6) is -0.615. The summed E-state index contributed by atoms with van der Waals surface area (Å²) in [4.78, 5) is 11.6. The van der Waals surface area contributed by atoms with Gasteiger partial charge in [0.1, 0.15) is 11.3 Å². The highest BCUT2D eigenvalue weighted by Crippen LogP contribution is 2.32. The molecule has 0 heterocycles. The van der Waals surface area contributed by atoms with Gasteiger partial charge in [0.2, 0.25) is 0 Å². The second-order valence-corrected chi connectivity index (χ2v) is 9.52. The zero-order chi connectivity index (χ0) is 24.2. The minimum Gasteiger partial charge on any atom is -0.490 e. The maximum absolute atomic E-state index is 11.6. The Hall–Kier alpha value is -2.86. The Morgan fingerprint density at radius 2 is 1.76 bits per heavy atom. The third-order valence-electron chi connectivity index (χ3n) is 6.20. The summed E-state index contributed by atoms with van der Waals surface area (Å²) in [7, 11) is 0. The van der Waals surface area contributed by atoms with Crippen LogP contribution in [0.1, 0.15) is 53.4 Å². The van der Waals surface area contributed by atoms with Crippen LogP contribution in [0.3, 0.4) is 0 Å². The number of carbonyl (C=O) groups is 1. The van der Waals surface area contributed by atoms with E-state index in [2.05, 4.69) is 23.5 Å². The molecule has 2 atom stereocenters. The lowest BCUT2D eigenvalue weighted by Crippen LogP contribution is -2.37. The summed E-state index contributed by atoms with van der Waals surface area (Å²) in [6, 6.07) is 19.3. The smallest absolute Gasteiger partial charge is 0.339 e. The highest BCUT2D eigenvalue weighted by molar-refractivity contribution is 6.30. The lowest BCUT2D eigenvalue weighted by atomic mass is 9.86. The first-order valence-corrected chi connectivity index (χ1v) is 12.0. The van der Waals surface area contributed by atoms with Gasteiger partial charge in [0, 0.05) is 17.6 Å². The fraction of sp³-hybridized carbons (Fsp3) is 0.321. The van der Waals surface area contributed by atoms with Crippen LogP contribution in [0.4, 0.5) is 0 Å². The lowest BCUT2D eigenvalue weighted by molar-refractivity contribution is 0.0690. The van der Waals surface area contributed by atoms with Crippen LogP contribution < -0.4 is 10.1 Å². The molecule has 0 saturated heterocycles. The predicted molar refractivity (Wildman–Crippen MR) is 135 cm³/mol. The minimum absolute atomic E-state index is 0.119. The Balaban J connectivity index is 1.48. The largest absolute Gasteiger partial charge is 0.490 e. The molecule has 34 heavy (non-hydrogen) atoms. The summed E-state index contributed by atoms with van der Waals surface area (Å²) >= 11 is 5.94. The number of aryl methyl sites for hydroxylation is 1. The van der Waals surface area contributed by atoms with E-state index in [1.165, 1.54) is 11.1 Å². The van der Waals surface area contributed by atoms with Gasteiger partial charge in [0.15, 0.2) is 0 Å². The van der Waals surface area contributed by atoms with E-state index in [-0.39, 0.29) is 17.7 Å². The number of hydrogen-bond acceptors (Lipinski definition) is 4. The number of fused-ring (bicyclic) bond motifs is 1. The van der Waals surface area contributed by atoms with Crippen molar-refractivity contribution in [2.24, 2.45) is 0 Å². The molecule has 0 spiro atoms. The summed E-state index contributed by atoms with van der Waals surface area (Å²) in [6.07, 6.45) is 2.16. The molecule has 0 radical (unpaired) electrons. The Bertz CT molecular complexity index is 1160. The number of carboxylic acid groups (broad SMARTS) is 1. The monoisotopic (exact) mass is 479 g/mol. The Morgan fingerprint density at radius 3 is 2.47 bits per heavy atom. The molecule has 0 amide bonds. The first-order valence-electron chi connectivity index (χ1n) is 11.6. The third kappa shape index (κ3) is 5.79. The van der Waals surface area contributed by atoms with Crippen LogP contribution >= 0.6 is 11.6 Å². The van der Waals surface area contributed by atoms with Gasteiger partial charge in [-0.25, -0.2) is 4.79 Å². The van der Waals surface area contributed by atoms with Crippen molar-refractivity contribution >= 4 is 17.6 Å². The van der Waals surface area contributed by atoms with E-state index >= 15 is 0 Å². The summed E-state index contributed by atoms with van der Waals surface area (Å²) in [5, 5.41) is 24.2. The highest BCUT2D eigenvalue weighted by atomic mass is 35.5. The summed E-state index contributed by atoms with van der Waals surface area (Å²) in [5.41, 5.74) is 5.58. The molecule has 5 nitrogen and oxygen atoms in total. The normalized spacial score (nSPS) is 16.2. The first kappa shape index (κ1) is 24.3. The molecule has 1 aliphatic rings. The van der Waals surface area contributed by atoms with Crippen molar-refractivity contribution in [3.63, 3.8) is 0 Å². The van der Waals surface area contributed by atoms with Crippen molar-refractivity contribution in [2.75, 3.05) is 6.54 Å². The molecule has 0 unspecified atom stereocenters. The van der Waals surface area contributed by atoms with Crippen LogP contribution in [0.2, 0.25) is 5.02 Å². The van der Waals surface area contributed by atoms with Gasteiger partial charge in [-0.2, -0.15) is 0 Å². The van der Waals surface area contributed by atoms with E-state index in [1.807, 2.05) is 38.1 Å². The molecule has 0 fully saturated rings. The molecule has 0 aliphatic heterocycles. The molecule has 6 heteroatoms. The van der Waals surface area contributed by atoms with Gasteiger partial charge in [0.25, 0.3) is 0 Å². The number of aliphatic hydroxyl groups is 1. The number of hydrogen-bond donors (Lipinski definition) is 3. The van der Waals surface area contributed by atoms with Crippen molar-refractivity contribution in [2.45, 2.75) is 51.4 Å². The Labute approximate surface area is 205 Å². The van der Waals surface area contributed by atoms with Crippen molar-refractivity contribution in [3.05, 3.63) is 87.9 Å². The van der Waals surface area contributed by atoms with Crippen LogP contribution in [0.15, 0.2) is 60.7 Å². The van der Waals surface area contributed by atoms with Gasteiger partial charge in [-0.1, -0.05) is 48.0 Å². The van der Waals surface area contributed by atoms with Crippen LogP contribution in [-0.4, -0.2) is 34.9 Å². The quantitative estimate of drug-likeness (QED) is 0.388. The van der Waals surface area contributed by atoms with Crippen molar-refractivity contribution in [1.29, 1.82) is 0 Å². The fourth-order valence-electron chi connectivity index (χ4n) is 4.42. The molecule has 4 rings (SSSR count). The topological polar surface area (TPSA) is 78.8 Å². The van der Waals surface area contributed by atoms with E-state index in [9.17, 15) is 15.0 Å². The summed E-state index contributed by atoms with van der Waals surface area (Å²) < 4.78 is 5.77. The Morgan fingerprint density at radius 1 is 1.06 bits per heavy atom. The minimum atomic E-state index is -0.998. The average Bonchev–Trinajstić information content (AvgIpc) is 2.82. The third-order valence-corrected chi connectivity index (χ3v) is 6.45. The molecular formula is C28H30ClNO4. The van der Waals surface area contributed by atoms with E-state index in [4.69, 9.17) is 16.3 Å². The maximum atomic E-state index is 11.6. The van der Waals surface area contributed by atoms with Crippen molar-refractivity contribution < 1.29 is 19.7 Å². The average molecular weight is 480 g/mol. The molecule has 3 aromatic rings. The predicted octanol–water partition coefficient (Wildman–Crippen LogP) is 5.67. The van der Waals surface area contributed by atoms with E-state index in [0.717, 1.165) is 36.0 Å². The lowest BCUT2D eigenvalue weighted by Gasteiger charge is -2.27. The number of aromatic carboxylic acids is 1. The molecule has 3 N–H and O–H groups in total. The summed E-state index contributed by atoms with van der Waals surface area (Å²) in [6.45, 7) is 4.25. The number of halogens is 1. The molecule has 3 aromatic carbocycles. The number of benzene rings is 3. The molecule has 0 aromatic heterocycles. The van der Waals surface area contributed by atoms with Crippen LogP contribution in [-0.2, 0) is 12.8 Å². The van der Waals surface area contributed by atoms with E-state index in [1.54, 1.807) is 18.2 Å². The number of aliphatic hydroxyl groups excluding tert-OH is 1. The molecule has 1 aliphatic carbocycles. The maximum Gasteiger partial charge on any atom is 0.339 e. The zero-order valence-electron chi connectivity index (χ0n) is 19.4. The highest BCUT2D eigenvalue weighted by Gasteiger charge is 2.21.